The largest absolute Gasteiger partial charge is 0.478 e. The Morgan fingerprint density at radius 2 is 2.00 bits per heavy atom. The van der Waals surface area contributed by atoms with Crippen molar-refractivity contribution in [2.24, 2.45) is 0 Å². The molecule has 0 aliphatic heterocycles. The van der Waals surface area contributed by atoms with Gasteiger partial charge in [0.15, 0.2) is 0 Å². The molecule has 0 saturated heterocycles. The van der Waals surface area contributed by atoms with Crippen LogP contribution < -0.4 is 0 Å². The minimum Gasteiger partial charge on any atom is -0.478 e. The van der Waals surface area contributed by atoms with E-state index in [1.165, 1.54) is 0 Å². The zero-order valence-corrected chi connectivity index (χ0v) is 11.0. The molecule has 0 heterocycles. The van der Waals surface area contributed by atoms with Crippen LogP contribution in [-0.2, 0) is 4.79 Å². The van der Waals surface area contributed by atoms with Gasteiger partial charge in [0.25, 0.3) is 0 Å². The first-order chi connectivity index (χ1) is 9.17. The van der Waals surface area contributed by atoms with Crippen LogP contribution in [0.15, 0.2) is 72.4 Å². The van der Waals surface area contributed by atoms with E-state index in [2.05, 4.69) is 6.58 Å². The van der Waals surface area contributed by atoms with Crippen LogP contribution in [0.25, 0.3) is 6.08 Å². The van der Waals surface area contributed by atoms with Gasteiger partial charge in [0, 0.05) is 5.57 Å². The Kier molecular flexibility index (Phi) is 6.10. The molecule has 1 aromatic carbocycles. The number of carboxylic acids is 1. The van der Waals surface area contributed by atoms with Crippen LogP contribution in [-0.4, -0.2) is 11.1 Å². The molecule has 1 rings (SSSR count). The van der Waals surface area contributed by atoms with Crippen molar-refractivity contribution in [3.63, 3.8) is 0 Å². The standard InChI is InChI=1S/C17H18O2/c1-3-8-15(13-16(4-2)17(18)19)12-11-14-9-6-5-7-10-14/h3,5-13H,1,4H2,2H3,(H,18,19). The Hall–Kier alpha value is -2.35. The predicted molar refractivity (Wildman–Crippen MR) is 79.8 cm³/mol. The Morgan fingerprint density at radius 3 is 2.53 bits per heavy atom. The van der Waals surface area contributed by atoms with E-state index in [0.29, 0.717) is 12.0 Å². The summed E-state index contributed by atoms with van der Waals surface area (Å²) in [5, 5.41) is 9.03. The first-order valence-electron chi connectivity index (χ1n) is 6.17. The lowest BCUT2D eigenvalue weighted by Crippen LogP contribution is -1.99. The molecule has 2 nitrogen and oxygen atoms in total. The van der Waals surface area contributed by atoms with Crippen molar-refractivity contribution in [1.29, 1.82) is 0 Å². The highest BCUT2D eigenvalue weighted by Crippen LogP contribution is 2.11. The van der Waals surface area contributed by atoms with Crippen LogP contribution in [0.3, 0.4) is 0 Å². The Balaban J connectivity index is 2.97. The molecule has 0 aromatic heterocycles. The highest BCUT2D eigenvalue weighted by molar-refractivity contribution is 5.87. The van der Waals surface area contributed by atoms with Crippen molar-refractivity contribution in [2.45, 2.75) is 13.3 Å². The molecule has 98 valence electrons. The second kappa shape index (κ2) is 7.88. The van der Waals surface area contributed by atoms with Crippen molar-refractivity contribution in [1.82, 2.24) is 0 Å². The summed E-state index contributed by atoms with van der Waals surface area (Å²) in [4.78, 5) is 11.0. The van der Waals surface area contributed by atoms with Gasteiger partial charge >= 0.3 is 5.97 Å². The number of benzene rings is 1. The number of hydrogen-bond acceptors (Lipinski definition) is 1. The third kappa shape index (κ3) is 5.21. The van der Waals surface area contributed by atoms with Crippen molar-refractivity contribution in [3.8, 4) is 0 Å². The van der Waals surface area contributed by atoms with Gasteiger partial charge in [-0.2, -0.15) is 0 Å². The lowest BCUT2D eigenvalue weighted by Gasteiger charge is -1.99. The number of hydrogen-bond donors (Lipinski definition) is 1. The molecule has 1 aromatic rings. The van der Waals surface area contributed by atoms with Gasteiger partial charge in [-0.3, -0.25) is 0 Å². The van der Waals surface area contributed by atoms with E-state index in [9.17, 15) is 4.79 Å². The van der Waals surface area contributed by atoms with Crippen molar-refractivity contribution in [2.75, 3.05) is 0 Å². The maximum atomic E-state index is 11.0. The smallest absolute Gasteiger partial charge is 0.331 e. The first kappa shape index (κ1) is 14.7. The summed E-state index contributed by atoms with van der Waals surface area (Å²) >= 11 is 0. The molecule has 0 aliphatic carbocycles. The van der Waals surface area contributed by atoms with Gasteiger partial charge in [-0.1, -0.05) is 68.1 Å². The fraction of sp³-hybridized carbons (Fsp3) is 0.118. The Morgan fingerprint density at radius 1 is 1.32 bits per heavy atom. The van der Waals surface area contributed by atoms with Crippen molar-refractivity contribution in [3.05, 3.63) is 77.9 Å². The van der Waals surface area contributed by atoms with Crippen LogP contribution >= 0.6 is 0 Å². The maximum Gasteiger partial charge on any atom is 0.331 e. The molecule has 0 aliphatic rings. The summed E-state index contributed by atoms with van der Waals surface area (Å²) in [6, 6.07) is 9.85. The van der Waals surface area contributed by atoms with Gasteiger partial charge in [0.2, 0.25) is 0 Å². The molecule has 0 bridgehead atoms. The van der Waals surface area contributed by atoms with Gasteiger partial charge in [-0.25, -0.2) is 4.79 Å². The van der Waals surface area contributed by atoms with E-state index in [1.807, 2.05) is 49.4 Å². The number of carbonyl (C=O) groups is 1. The molecule has 0 unspecified atom stereocenters. The Bertz CT molecular complexity index is 519. The number of rotatable bonds is 6. The number of aliphatic carboxylic acids is 1. The van der Waals surface area contributed by atoms with Crippen LogP contribution in [0.4, 0.5) is 0 Å². The quantitative estimate of drug-likeness (QED) is 0.609. The average molecular weight is 254 g/mol. The molecule has 0 atom stereocenters. The summed E-state index contributed by atoms with van der Waals surface area (Å²) < 4.78 is 0. The molecule has 19 heavy (non-hydrogen) atoms. The summed E-state index contributed by atoms with van der Waals surface area (Å²) in [5.41, 5.74) is 2.27. The molecule has 0 spiro atoms. The zero-order chi connectivity index (χ0) is 14.1. The third-order valence-electron chi connectivity index (χ3n) is 2.57. The monoisotopic (exact) mass is 254 g/mol. The number of allylic oxidation sites excluding steroid dienone is 5. The first-order valence-corrected chi connectivity index (χ1v) is 6.17. The van der Waals surface area contributed by atoms with E-state index in [4.69, 9.17) is 5.11 Å². The van der Waals surface area contributed by atoms with Gasteiger partial charge < -0.3 is 5.11 Å². The minimum absolute atomic E-state index is 0.380. The number of carboxylic acid groups (broad SMARTS) is 1. The normalized spacial score (nSPS) is 12.7. The van der Waals surface area contributed by atoms with E-state index < -0.39 is 5.97 Å². The third-order valence-corrected chi connectivity index (χ3v) is 2.57. The lowest BCUT2D eigenvalue weighted by molar-refractivity contribution is -0.132. The molecular weight excluding hydrogens is 236 g/mol. The lowest BCUT2D eigenvalue weighted by atomic mass is 10.1. The van der Waals surface area contributed by atoms with E-state index in [1.54, 1.807) is 18.2 Å². The average Bonchev–Trinajstić information content (AvgIpc) is 2.42. The molecule has 0 amide bonds. The van der Waals surface area contributed by atoms with Crippen LogP contribution in [0, 0.1) is 0 Å². The summed E-state index contributed by atoms with van der Waals surface area (Å²) in [5.74, 6) is -0.884. The zero-order valence-electron chi connectivity index (χ0n) is 11.0. The molecule has 0 radical (unpaired) electrons. The van der Waals surface area contributed by atoms with Crippen LogP contribution in [0.5, 0.6) is 0 Å². The highest BCUT2D eigenvalue weighted by atomic mass is 16.4. The van der Waals surface area contributed by atoms with Crippen LogP contribution in [0.1, 0.15) is 18.9 Å². The van der Waals surface area contributed by atoms with Gasteiger partial charge in [0.05, 0.1) is 0 Å². The maximum absolute atomic E-state index is 11.0. The summed E-state index contributed by atoms with van der Waals surface area (Å²) in [6.45, 7) is 5.47. The molecule has 0 fully saturated rings. The molecule has 1 N–H and O–H groups in total. The van der Waals surface area contributed by atoms with Crippen molar-refractivity contribution < 1.29 is 9.90 Å². The fourth-order valence-electron chi connectivity index (χ4n) is 1.56. The van der Waals surface area contributed by atoms with Gasteiger partial charge in [0.1, 0.15) is 0 Å². The second-order valence-corrected chi connectivity index (χ2v) is 3.97. The van der Waals surface area contributed by atoms with Gasteiger partial charge in [-0.05, 0) is 23.6 Å². The minimum atomic E-state index is -0.884. The van der Waals surface area contributed by atoms with Gasteiger partial charge in [-0.15, -0.1) is 0 Å². The fourth-order valence-corrected chi connectivity index (χ4v) is 1.56. The topological polar surface area (TPSA) is 37.3 Å². The molecule has 0 saturated carbocycles. The SMILES string of the molecule is C=CC=C(C=Cc1ccccc1)C=C(CC)C(=O)O. The summed E-state index contributed by atoms with van der Waals surface area (Å²) in [6.07, 6.45) is 9.43. The van der Waals surface area contributed by atoms with Crippen LogP contribution in [0.2, 0.25) is 0 Å². The molecular formula is C17H18O2. The van der Waals surface area contributed by atoms with Crippen molar-refractivity contribution >= 4 is 12.0 Å². The molecule has 2 heteroatoms. The summed E-state index contributed by atoms with van der Waals surface area (Å²) in [7, 11) is 0. The van der Waals surface area contributed by atoms with E-state index in [0.717, 1.165) is 11.1 Å². The Labute approximate surface area is 114 Å². The van der Waals surface area contributed by atoms with E-state index in [-0.39, 0.29) is 0 Å². The highest BCUT2D eigenvalue weighted by Gasteiger charge is 2.03. The predicted octanol–water partition coefficient (Wildman–Crippen LogP) is 4.23. The van der Waals surface area contributed by atoms with E-state index >= 15 is 0 Å². The second-order valence-electron chi connectivity index (χ2n) is 3.97.